The molecule has 6 heterocycles. The molecule has 16 rings (SSSR count). The number of hydrogen-bond acceptors (Lipinski definition) is 3. The number of imidazole rings is 1. The molecule has 0 amide bonds. The molecule has 2 aliphatic rings. The molecule has 0 spiro atoms. The number of furan rings is 1. The summed E-state index contributed by atoms with van der Waals surface area (Å²) >= 11 is 0. The SMILES string of the molecule is [2H]c1c([2H])c([2H])c(-c2cc(-c3cccc4c3oc3ccccc34)cc3c2-[n+]2[c-]n4c5c(ccc(c52)-c2ccccc2-c2ccccc2-3)[Si](C)(C)c2ccc(Oc3[c-]c5c(cc3)c3ccccc3n5-c3cc(C(C)(C)C)ccn3)[c-]c2-4)c([2H])c1[2H].[Pt]. The van der Waals surface area contributed by atoms with Gasteiger partial charge in [-0.25, -0.2) is 4.98 Å². The van der Waals surface area contributed by atoms with Crippen LogP contribution in [0.4, 0.5) is 0 Å². The maximum Gasteiger partial charge on any atom is 0.268 e. The first kappa shape index (κ1) is 43.1. The van der Waals surface area contributed by atoms with Crippen molar-refractivity contribution in [3.8, 4) is 84.3 Å². The van der Waals surface area contributed by atoms with E-state index < -0.39 is 26.2 Å². The number of fused-ring (bicyclic) bond motifs is 15. The summed E-state index contributed by atoms with van der Waals surface area (Å²) in [5.74, 6) is 1.82. The van der Waals surface area contributed by atoms with Crippen LogP contribution < -0.4 is 19.7 Å². The maximum absolute atomic E-state index is 9.72. The fourth-order valence-electron chi connectivity index (χ4n) is 12.6. The Labute approximate surface area is 486 Å². The van der Waals surface area contributed by atoms with Crippen molar-refractivity contribution < 1.29 is 41.6 Å². The van der Waals surface area contributed by atoms with Crippen molar-refractivity contribution in [2.24, 2.45) is 0 Å². The van der Waals surface area contributed by atoms with Crippen molar-refractivity contribution in [3.05, 3.63) is 236 Å². The normalized spacial score (nSPS) is 13.9. The van der Waals surface area contributed by atoms with Gasteiger partial charge in [0.2, 0.25) is 0 Å². The third-order valence-electron chi connectivity index (χ3n) is 16.4. The first-order chi connectivity index (χ1) is 40.6. The number of aromatic nitrogens is 4. The van der Waals surface area contributed by atoms with Crippen LogP contribution in [0.15, 0.2) is 217 Å². The number of ether oxygens (including phenoxy) is 1. The minimum atomic E-state index is -2.59. The van der Waals surface area contributed by atoms with E-state index in [1.54, 1.807) is 0 Å². The van der Waals surface area contributed by atoms with Crippen LogP contribution >= 0.6 is 0 Å². The van der Waals surface area contributed by atoms with Crippen LogP contribution in [0.25, 0.3) is 128 Å². The number of para-hydroxylation sites is 3. The van der Waals surface area contributed by atoms with Gasteiger partial charge < -0.3 is 18.3 Å². The maximum atomic E-state index is 9.72. The molecule has 6 nitrogen and oxygen atoms in total. The third kappa shape index (κ3) is 7.13. The van der Waals surface area contributed by atoms with Gasteiger partial charge in [0, 0.05) is 68.7 Å². The van der Waals surface area contributed by atoms with E-state index in [-0.39, 0.29) is 44.1 Å². The van der Waals surface area contributed by atoms with E-state index in [9.17, 15) is 2.74 Å². The van der Waals surface area contributed by atoms with Crippen molar-refractivity contribution in [2.75, 3.05) is 0 Å². The van der Waals surface area contributed by atoms with E-state index >= 15 is 0 Å². The van der Waals surface area contributed by atoms with Gasteiger partial charge in [-0.05, 0) is 109 Å². The zero-order valence-electron chi connectivity index (χ0n) is 49.2. The Morgan fingerprint density at radius 2 is 1.24 bits per heavy atom. The Hall–Kier alpha value is -8.87. The van der Waals surface area contributed by atoms with Crippen molar-refractivity contribution in [3.63, 3.8) is 0 Å². The largest absolute Gasteiger partial charge is 0.510 e. The van der Waals surface area contributed by atoms with Crippen LogP contribution in [0.3, 0.4) is 0 Å². The van der Waals surface area contributed by atoms with E-state index in [4.69, 9.17) is 18.3 Å². The molecule has 0 fully saturated rings. The van der Waals surface area contributed by atoms with E-state index in [0.29, 0.717) is 28.3 Å². The summed E-state index contributed by atoms with van der Waals surface area (Å²) in [6.07, 6.45) is 5.81. The molecule has 0 aliphatic carbocycles. The molecule has 80 heavy (non-hydrogen) atoms. The Morgan fingerprint density at radius 1 is 0.588 bits per heavy atom. The Bertz CT molecular complexity index is 5200. The van der Waals surface area contributed by atoms with Gasteiger partial charge in [0.1, 0.15) is 17.0 Å². The van der Waals surface area contributed by atoms with Gasteiger partial charge in [0.05, 0.1) is 23.6 Å². The average Bonchev–Trinajstić information content (AvgIpc) is 1.66. The zero-order chi connectivity index (χ0) is 57.2. The number of nitrogens with zero attached hydrogens (tertiary/aromatic N) is 4. The van der Waals surface area contributed by atoms with Gasteiger partial charge in [0.25, 0.3) is 6.33 Å². The molecular weight excluding hydrogens is 1180 g/mol. The summed E-state index contributed by atoms with van der Waals surface area (Å²) in [7, 11) is -2.59. The van der Waals surface area contributed by atoms with Crippen molar-refractivity contribution in [1.29, 1.82) is 0 Å². The Balaban J connectivity index is 0.00000613. The Morgan fingerprint density at radius 3 is 2.02 bits per heavy atom. The summed E-state index contributed by atoms with van der Waals surface area (Å²) in [6, 6.07) is 66.0. The molecule has 0 bridgehead atoms. The van der Waals surface area contributed by atoms with Crippen LogP contribution in [0, 0.1) is 18.5 Å². The number of hydrogen-bond donors (Lipinski definition) is 0. The van der Waals surface area contributed by atoms with Crippen LogP contribution in [-0.4, -0.2) is 22.2 Å². The first-order valence-electron chi connectivity index (χ1n) is 29.2. The summed E-state index contributed by atoms with van der Waals surface area (Å²) in [4.78, 5) is 4.91. The molecular formula is C72H50N4O2PtSi-2. The van der Waals surface area contributed by atoms with Crippen LogP contribution in [0.2, 0.25) is 13.1 Å². The fraction of sp³-hybridized carbons (Fsp3) is 0.0833. The van der Waals surface area contributed by atoms with Gasteiger partial charge in [-0.1, -0.05) is 190 Å². The van der Waals surface area contributed by atoms with Gasteiger partial charge >= 0.3 is 0 Å². The summed E-state index contributed by atoms with van der Waals surface area (Å²) in [5, 5.41) is 6.37. The molecule has 0 atom stereocenters. The molecule has 0 saturated heterocycles. The molecule has 2 aliphatic heterocycles. The van der Waals surface area contributed by atoms with Gasteiger partial charge in [0.15, 0.2) is 0 Å². The van der Waals surface area contributed by atoms with Crippen molar-refractivity contribution >= 4 is 73.2 Å². The van der Waals surface area contributed by atoms with Gasteiger partial charge in [-0.15, -0.1) is 34.8 Å². The minimum Gasteiger partial charge on any atom is -0.510 e. The molecule has 0 N–H and O–H groups in total. The average molecular weight is 1230 g/mol. The molecule has 386 valence electrons. The minimum absolute atomic E-state index is 0. The second-order valence-corrected chi connectivity index (χ2v) is 26.6. The van der Waals surface area contributed by atoms with Crippen LogP contribution in [0.1, 0.15) is 33.2 Å². The smallest absolute Gasteiger partial charge is 0.268 e. The number of rotatable bonds is 5. The first-order valence-corrected chi connectivity index (χ1v) is 29.7. The topological polar surface area (TPSA) is 49.0 Å². The molecule has 14 aromatic rings. The predicted octanol–water partition coefficient (Wildman–Crippen LogP) is 16.6. The summed E-state index contributed by atoms with van der Waals surface area (Å²) < 4.78 is 66.5. The van der Waals surface area contributed by atoms with Crippen LogP contribution in [0.5, 0.6) is 11.5 Å². The summed E-state index contributed by atoms with van der Waals surface area (Å²) in [5.41, 5.74) is 15.2. The standard InChI is InChI=1S/C72H50N4O2Si.Pt/c1-72(2,3)46-36-37-73-67(40-46)76-61-28-15-13-24-54(61)55-32-30-47(41-62(55)76)77-48-31-34-65-63(42-48)74-43-75-68-59(44-18-7-6-8-19-44)38-45(49-26-17-27-58-56-25-14-16-29-64(56)78-71(49)58)39-60(68)53-23-12-10-21-51(53)50-20-9-11-22-52(50)57-33-35-66(79(65,4)5)70(74)69(57)75;/h6-40H,1-5H3;/q-2;/i6D,7D,8D,18D,19D;. The van der Waals surface area contributed by atoms with E-state index in [0.717, 1.165) is 110 Å². The third-order valence-corrected chi connectivity index (χ3v) is 19.9. The van der Waals surface area contributed by atoms with E-state index in [1.165, 1.54) is 10.8 Å². The van der Waals surface area contributed by atoms with Gasteiger partial charge in [-0.2, -0.15) is 12.1 Å². The van der Waals surface area contributed by atoms with E-state index in [1.807, 2.05) is 60.8 Å². The van der Waals surface area contributed by atoms with Crippen LogP contribution in [-0.2, 0) is 26.5 Å². The molecule has 0 unspecified atom stereocenters. The van der Waals surface area contributed by atoms with Crippen molar-refractivity contribution in [1.82, 2.24) is 14.1 Å². The fourth-order valence-corrected chi connectivity index (χ4v) is 15.5. The monoisotopic (exact) mass is 1230 g/mol. The second-order valence-electron chi connectivity index (χ2n) is 22.3. The zero-order valence-corrected chi connectivity index (χ0v) is 47.5. The second kappa shape index (κ2) is 17.8. The Kier molecular flexibility index (Phi) is 9.59. The quantitative estimate of drug-likeness (QED) is 0.0980. The molecule has 10 aromatic carbocycles. The van der Waals surface area contributed by atoms with Gasteiger partial charge in [-0.3, -0.25) is 4.57 Å². The molecule has 8 heteroatoms. The van der Waals surface area contributed by atoms with E-state index in [2.05, 4.69) is 187 Å². The van der Waals surface area contributed by atoms with Crippen molar-refractivity contribution in [2.45, 2.75) is 39.3 Å². The number of pyridine rings is 1. The number of benzene rings is 10. The molecule has 0 radical (unpaired) electrons. The molecule has 0 saturated carbocycles. The molecule has 4 aromatic heterocycles. The summed E-state index contributed by atoms with van der Waals surface area (Å²) in [6.45, 7) is 11.4. The predicted molar refractivity (Wildman–Crippen MR) is 323 cm³/mol.